The van der Waals surface area contributed by atoms with Gasteiger partial charge in [0.25, 0.3) is 5.56 Å². The van der Waals surface area contributed by atoms with Crippen LogP contribution in [-0.2, 0) is 0 Å². The lowest BCUT2D eigenvalue weighted by atomic mass is 10.1. The Labute approximate surface area is 172 Å². The van der Waals surface area contributed by atoms with Crippen LogP contribution < -0.4 is 10.9 Å². The molecule has 3 aromatic heterocycles. The third-order valence-electron chi connectivity index (χ3n) is 5.34. The smallest absolute Gasteiger partial charge is 0.268 e. The molecule has 3 aromatic rings. The lowest BCUT2D eigenvalue weighted by molar-refractivity contribution is 0.170. The highest BCUT2D eigenvalue weighted by Crippen LogP contribution is 2.32. The quantitative estimate of drug-likeness (QED) is 0.583. The van der Waals surface area contributed by atoms with E-state index in [4.69, 9.17) is 4.98 Å². The molecule has 5 rings (SSSR count). The lowest BCUT2D eigenvalue weighted by Gasteiger charge is -2.35. The van der Waals surface area contributed by atoms with Crippen LogP contribution in [0.1, 0.15) is 30.4 Å². The fourth-order valence-electron chi connectivity index (χ4n) is 3.98. The van der Waals surface area contributed by atoms with E-state index in [2.05, 4.69) is 25.4 Å². The highest BCUT2D eigenvalue weighted by Gasteiger charge is 2.33. The average molecular weight is 429 g/mol. The Balaban J connectivity index is 0.00000105. The normalized spacial score (nSPS) is 22.3. The number of aromatic nitrogens is 4. The first-order valence-electron chi connectivity index (χ1n) is 8.70. The first kappa shape index (κ1) is 20.3. The molecule has 2 aliphatic rings. The number of aromatic amines is 2. The van der Waals surface area contributed by atoms with Crippen LogP contribution in [0, 0.1) is 6.92 Å². The van der Waals surface area contributed by atoms with Gasteiger partial charge in [0, 0.05) is 35.3 Å². The molecule has 2 aliphatic heterocycles. The van der Waals surface area contributed by atoms with Crippen LogP contribution in [0.2, 0.25) is 0 Å². The second-order valence-electron chi connectivity index (χ2n) is 6.94. The highest BCUT2D eigenvalue weighted by molar-refractivity contribution is 7.22. The Morgan fingerprint density at radius 1 is 1.33 bits per heavy atom. The molecule has 3 N–H and O–H groups in total. The molecule has 2 atom stereocenters. The van der Waals surface area contributed by atoms with Gasteiger partial charge in [0.05, 0.1) is 17.8 Å². The van der Waals surface area contributed by atoms with Crippen molar-refractivity contribution < 1.29 is 0 Å². The van der Waals surface area contributed by atoms with E-state index in [1.807, 2.05) is 13.0 Å². The standard InChI is InChI=1S/C17H20N6OS.2ClH/c1-9-11(7-19-22-9)14-5-12-15(25-14)17(24)21-16(20-12)13-8-23-4-2-3-10(23)6-18-13;;/h5,7,10,13,18H,2-4,6,8H2,1H3,(H,19,22)(H,20,21,24);2*1H/t10-,13?;;/m1../s1. The Morgan fingerprint density at radius 2 is 2.19 bits per heavy atom. The number of thiophene rings is 1. The molecule has 146 valence electrons. The summed E-state index contributed by atoms with van der Waals surface area (Å²) in [6, 6.07) is 2.73. The molecule has 5 heterocycles. The number of halogens is 2. The fourth-order valence-corrected chi connectivity index (χ4v) is 5.04. The Kier molecular flexibility index (Phi) is 5.93. The molecular weight excluding hydrogens is 407 g/mol. The molecule has 2 fully saturated rings. The van der Waals surface area contributed by atoms with E-state index >= 15 is 0 Å². The summed E-state index contributed by atoms with van der Waals surface area (Å²) in [5.41, 5.74) is 2.74. The van der Waals surface area contributed by atoms with Crippen molar-refractivity contribution in [2.45, 2.75) is 31.8 Å². The maximum absolute atomic E-state index is 12.6. The number of piperazine rings is 1. The summed E-state index contributed by atoms with van der Waals surface area (Å²) in [5.74, 6) is 0.746. The Bertz CT molecular complexity index is 999. The summed E-state index contributed by atoms with van der Waals surface area (Å²) in [6.07, 6.45) is 4.33. The summed E-state index contributed by atoms with van der Waals surface area (Å²) in [7, 11) is 0. The van der Waals surface area contributed by atoms with Crippen LogP contribution in [0.25, 0.3) is 20.7 Å². The van der Waals surface area contributed by atoms with E-state index in [0.717, 1.165) is 47.1 Å². The van der Waals surface area contributed by atoms with Crippen molar-refractivity contribution in [3.63, 3.8) is 0 Å². The van der Waals surface area contributed by atoms with Crippen molar-refractivity contribution in [3.8, 4) is 10.4 Å². The van der Waals surface area contributed by atoms with Crippen LogP contribution in [0.3, 0.4) is 0 Å². The van der Waals surface area contributed by atoms with E-state index in [0.29, 0.717) is 10.7 Å². The monoisotopic (exact) mass is 428 g/mol. The van der Waals surface area contributed by atoms with E-state index in [9.17, 15) is 4.79 Å². The zero-order valence-electron chi connectivity index (χ0n) is 14.8. The van der Waals surface area contributed by atoms with Crippen LogP contribution >= 0.6 is 36.2 Å². The number of rotatable bonds is 2. The van der Waals surface area contributed by atoms with E-state index in [1.54, 1.807) is 6.20 Å². The second kappa shape index (κ2) is 7.89. The van der Waals surface area contributed by atoms with Gasteiger partial charge in [0.2, 0.25) is 0 Å². The van der Waals surface area contributed by atoms with Crippen molar-refractivity contribution in [1.29, 1.82) is 0 Å². The Hall–Kier alpha value is -1.45. The molecule has 7 nitrogen and oxygen atoms in total. The molecule has 1 unspecified atom stereocenters. The van der Waals surface area contributed by atoms with Gasteiger partial charge in [-0.1, -0.05) is 0 Å². The van der Waals surface area contributed by atoms with Crippen molar-refractivity contribution in [3.05, 3.63) is 34.1 Å². The molecule has 27 heavy (non-hydrogen) atoms. The second-order valence-corrected chi connectivity index (χ2v) is 7.99. The van der Waals surface area contributed by atoms with Gasteiger partial charge in [-0.15, -0.1) is 36.2 Å². The van der Waals surface area contributed by atoms with Gasteiger partial charge in [-0.3, -0.25) is 14.8 Å². The molecule has 0 aromatic carbocycles. The highest BCUT2D eigenvalue weighted by atomic mass is 35.5. The van der Waals surface area contributed by atoms with Gasteiger partial charge in [-0.25, -0.2) is 4.98 Å². The van der Waals surface area contributed by atoms with Crippen molar-refractivity contribution >= 4 is 46.4 Å². The van der Waals surface area contributed by atoms with Crippen molar-refractivity contribution in [1.82, 2.24) is 30.4 Å². The molecule has 0 bridgehead atoms. The summed E-state index contributed by atoms with van der Waals surface area (Å²) < 4.78 is 0.675. The number of H-pyrrole nitrogens is 2. The molecule has 0 saturated carbocycles. The minimum atomic E-state index is -0.0530. The average Bonchev–Trinajstić information content (AvgIpc) is 3.31. The number of nitrogens with one attached hydrogen (secondary N) is 3. The Morgan fingerprint density at radius 3 is 2.96 bits per heavy atom. The minimum absolute atomic E-state index is 0. The summed E-state index contributed by atoms with van der Waals surface area (Å²) in [5, 5.41) is 10.6. The summed E-state index contributed by atoms with van der Waals surface area (Å²) in [6.45, 7) is 5.01. The number of nitrogens with zero attached hydrogens (tertiary/aromatic N) is 3. The van der Waals surface area contributed by atoms with Crippen LogP contribution in [0.15, 0.2) is 17.1 Å². The van der Waals surface area contributed by atoms with Gasteiger partial charge in [0.1, 0.15) is 10.5 Å². The maximum Gasteiger partial charge on any atom is 0.268 e. The third kappa shape index (κ3) is 3.52. The number of aryl methyl sites for hydroxylation is 1. The topological polar surface area (TPSA) is 89.7 Å². The van der Waals surface area contributed by atoms with E-state index < -0.39 is 0 Å². The summed E-state index contributed by atoms with van der Waals surface area (Å²) >= 11 is 1.47. The molecule has 2 saturated heterocycles. The van der Waals surface area contributed by atoms with Crippen LogP contribution in [0.4, 0.5) is 0 Å². The van der Waals surface area contributed by atoms with Crippen molar-refractivity contribution in [2.75, 3.05) is 19.6 Å². The predicted molar refractivity (Wildman–Crippen MR) is 112 cm³/mol. The van der Waals surface area contributed by atoms with Gasteiger partial charge in [-0.2, -0.15) is 5.10 Å². The first-order valence-corrected chi connectivity index (χ1v) is 9.52. The first-order chi connectivity index (χ1) is 12.2. The molecule has 10 heteroatoms. The molecule has 0 spiro atoms. The maximum atomic E-state index is 12.6. The van der Waals surface area contributed by atoms with Crippen LogP contribution in [0.5, 0.6) is 0 Å². The van der Waals surface area contributed by atoms with Crippen molar-refractivity contribution in [2.24, 2.45) is 0 Å². The predicted octanol–water partition coefficient (Wildman–Crippen LogP) is 2.64. The largest absolute Gasteiger partial charge is 0.308 e. The number of hydrogen-bond acceptors (Lipinski definition) is 6. The third-order valence-corrected chi connectivity index (χ3v) is 6.50. The van der Waals surface area contributed by atoms with E-state index in [1.165, 1.54) is 24.2 Å². The molecule has 0 aliphatic carbocycles. The fraction of sp³-hybridized carbons (Fsp3) is 0.471. The molecular formula is C17H22Cl2N6OS. The molecule has 0 amide bonds. The van der Waals surface area contributed by atoms with Gasteiger partial charge in [0.15, 0.2) is 0 Å². The summed E-state index contributed by atoms with van der Waals surface area (Å²) in [4.78, 5) is 23.9. The molecule has 0 radical (unpaired) electrons. The van der Waals surface area contributed by atoms with Gasteiger partial charge < -0.3 is 10.3 Å². The van der Waals surface area contributed by atoms with Gasteiger partial charge >= 0.3 is 0 Å². The SMILES string of the molecule is Cc1[nH]ncc1-c1cc2nc(C3CN4CCC[C@@H]4CN3)[nH]c(=O)c2s1.Cl.Cl. The number of hydrogen-bond donors (Lipinski definition) is 3. The van der Waals surface area contributed by atoms with E-state index in [-0.39, 0.29) is 36.4 Å². The van der Waals surface area contributed by atoms with Crippen LogP contribution in [-0.4, -0.2) is 50.7 Å². The van der Waals surface area contributed by atoms with Gasteiger partial charge in [-0.05, 0) is 32.4 Å². The number of fused-ring (bicyclic) bond motifs is 2. The zero-order chi connectivity index (χ0) is 17.0. The minimum Gasteiger partial charge on any atom is -0.308 e. The lowest BCUT2D eigenvalue weighted by Crippen LogP contribution is -2.50. The zero-order valence-corrected chi connectivity index (χ0v) is 17.3.